The van der Waals surface area contributed by atoms with Gasteiger partial charge in [-0.2, -0.15) is 0 Å². The van der Waals surface area contributed by atoms with Crippen molar-refractivity contribution in [3.8, 4) is 10.6 Å². The molecule has 1 N–H and O–H groups in total. The summed E-state index contributed by atoms with van der Waals surface area (Å²) in [6, 6.07) is 7.25. The maximum Gasteiger partial charge on any atom is 0.263 e. The molecule has 3 rings (SSSR count). The van der Waals surface area contributed by atoms with Crippen LogP contribution in [0.1, 0.15) is 21.0 Å². The Labute approximate surface area is 150 Å². The van der Waals surface area contributed by atoms with Crippen molar-refractivity contribution in [3.05, 3.63) is 50.7 Å². The molecule has 0 radical (unpaired) electrons. The first-order chi connectivity index (χ1) is 11.3. The van der Waals surface area contributed by atoms with Gasteiger partial charge in [0.15, 0.2) is 0 Å². The standard InChI is InChI=1S/C17H18N2O2S3/c1-10-5-6-14(7-11(10)2)19-24(20,21)17-8-16(23-12(17)3)15-9-22-13(4)18-15/h5-9,19H,1-4H3. The Hall–Kier alpha value is -1.70. The number of thiazole rings is 1. The van der Waals surface area contributed by atoms with Crippen LogP contribution in [-0.4, -0.2) is 13.4 Å². The largest absolute Gasteiger partial charge is 0.280 e. The Morgan fingerprint density at radius 2 is 1.79 bits per heavy atom. The van der Waals surface area contributed by atoms with Crippen LogP contribution in [0.15, 0.2) is 34.5 Å². The number of benzene rings is 1. The molecule has 0 aliphatic rings. The fourth-order valence-electron chi connectivity index (χ4n) is 2.35. The molecular weight excluding hydrogens is 360 g/mol. The summed E-state index contributed by atoms with van der Waals surface area (Å²) >= 11 is 3.01. The minimum atomic E-state index is -3.62. The third-order valence-corrected chi connectivity index (χ3v) is 7.28. The number of hydrogen-bond donors (Lipinski definition) is 1. The van der Waals surface area contributed by atoms with Gasteiger partial charge in [0.2, 0.25) is 0 Å². The zero-order valence-electron chi connectivity index (χ0n) is 13.9. The summed E-state index contributed by atoms with van der Waals surface area (Å²) in [5.74, 6) is 0. The predicted molar refractivity (Wildman–Crippen MR) is 102 cm³/mol. The number of anilines is 1. The van der Waals surface area contributed by atoms with E-state index in [0.29, 0.717) is 10.6 Å². The number of hydrogen-bond acceptors (Lipinski definition) is 5. The highest BCUT2D eigenvalue weighted by Crippen LogP contribution is 2.34. The SMILES string of the molecule is Cc1nc(-c2cc(S(=O)(=O)Nc3ccc(C)c(C)c3)c(C)s2)cs1. The van der Waals surface area contributed by atoms with Crippen LogP contribution in [0.3, 0.4) is 0 Å². The second-order valence-electron chi connectivity index (χ2n) is 5.69. The molecule has 4 nitrogen and oxygen atoms in total. The number of rotatable bonds is 4. The van der Waals surface area contributed by atoms with Gasteiger partial charge in [-0.3, -0.25) is 4.72 Å². The summed E-state index contributed by atoms with van der Waals surface area (Å²) < 4.78 is 28.2. The van der Waals surface area contributed by atoms with Crippen molar-refractivity contribution in [1.82, 2.24) is 4.98 Å². The van der Waals surface area contributed by atoms with E-state index < -0.39 is 10.0 Å². The quantitative estimate of drug-likeness (QED) is 0.702. The molecule has 1 aromatic carbocycles. The maximum atomic E-state index is 12.7. The van der Waals surface area contributed by atoms with E-state index in [1.807, 2.05) is 45.2 Å². The molecule has 0 amide bonds. The predicted octanol–water partition coefficient (Wildman–Crippen LogP) is 4.91. The normalized spacial score (nSPS) is 11.7. The highest BCUT2D eigenvalue weighted by molar-refractivity contribution is 7.93. The van der Waals surface area contributed by atoms with Gasteiger partial charge in [-0.25, -0.2) is 13.4 Å². The smallest absolute Gasteiger partial charge is 0.263 e. The molecule has 0 aliphatic carbocycles. The molecule has 0 fully saturated rings. The van der Waals surface area contributed by atoms with Crippen LogP contribution in [0.4, 0.5) is 5.69 Å². The average molecular weight is 379 g/mol. The Bertz CT molecular complexity index is 1000. The average Bonchev–Trinajstić information content (AvgIpc) is 3.09. The highest BCUT2D eigenvalue weighted by Gasteiger charge is 2.21. The lowest BCUT2D eigenvalue weighted by molar-refractivity contribution is 0.601. The van der Waals surface area contributed by atoms with Crippen LogP contribution < -0.4 is 4.72 Å². The first-order valence-corrected chi connectivity index (χ1v) is 10.6. The van der Waals surface area contributed by atoms with E-state index in [4.69, 9.17) is 0 Å². The molecule has 2 aromatic heterocycles. The number of nitrogens with one attached hydrogen (secondary N) is 1. The van der Waals surface area contributed by atoms with E-state index in [1.54, 1.807) is 23.5 Å². The summed E-state index contributed by atoms with van der Waals surface area (Å²) in [5.41, 5.74) is 3.59. The zero-order valence-corrected chi connectivity index (χ0v) is 16.3. The van der Waals surface area contributed by atoms with Crippen molar-refractivity contribution >= 4 is 38.4 Å². The molecule has 0 spiro atoms. The van der Waals surface area contributed by atoms with Gasteiger partial charge in [0, 0.05) is 15.9 Å². The Morgan fingerprint density at radius 3 is 2.42 bits per heavy atom. The highest BCUT2D eigenvalue weighted by atomic mass is 32.2. The second-order valence-corrected chi connectivity index (χ2v) is 9.66. The molecule has 0 aliphatic heterocycles. The number of sulfonamides is 1. The third kappa shape index (κ3) is 3.38. The van der Waals surface area contributed by atoms with Crippen molar-refractivity contribution in [2.24, 2.45) is 0 Å². The molecule has 126 valence electrons. The Morgan fingerprint density at radius 1 is 1.04 bits per heavy atom. The Balaban J connectivity index is 1.95. The first kappa shape index (κ1) is 17.1. The van der Waals surface area contributed by atoms with E-state index in [1.165, 1.54) is 11.3 Å². The molecule has 0 saturated heterocycles. The number of aromatic nitrogens is 1. The van der Waals surface area contributed by atoms with E-state index in [9.17, 15) is 8.42 Å². The number of thiophene rings is 1. The van der Waals surface area contributed by atoms with Gasteiger partial charge in [-0.05, 0) is 57.0 Å². The van der Waals surface area contributed by atoms with E-state index in [2.05, 4.69) is 9.71 Å². The summed E-state index contributed by atoms with van der Waals surface area (Å²) in [6.07, 6.45) is 0. The van der Waals surface area contributed by atoms with Crippen molar-refractivity contribution in [2.75, 3.05) is 4.72 Å². The monoisotopic (exact) mass is 378 g/mol. The third-order valence-electron chi connectivity index (χ3n) is 3.79. The van der Waals surface area contributed by atoms with Crippen LogP contribution >= 0.6 is 22.7 Å². The van der Waals surface area contributed by atoms with E-state index in [0.717, 1.165) is 31.6 Å². The minimum absolute atomic E-state index is 0.311. The lowest BCUT2D eigenvalue weighted by Gasteiger charge is -2.09. The van der Waals surface area contributed by atoms with Crippen LogP contribution in [0, 0.1) is 27.7 Å². The van der Waals surface area contributed by atoms with Crippen molar-refractivity contribution in [3.63, 3.8) is 0 Å². The molecule has 2 heterocycles. The summed E-state index contributed by atoms with van der Waals surface area (Å²) in [4.78, 5) is 6.38. The van der Waals surface area contributed by atoms with Crippen LogP contribution in [0.25, 0.3) is 10.6 Å². The number of nitrogens with zero attached hydrogens (tertiary/aromatic N) is 1. The lowest BCUT2D eigenvalue weighted by Crippen LogP contribution is -2.13. The van der Waals surface area contributed by atoms with Gasteiger partial charge in [0.25, 0.3) is 10.0 Å². The van der Waals surface area contributed by atoms with Crippen LogP contribution in [0.5, 0.6) is 0 Å². The molecular formula is C17H18N2O2S3. The number of aryl methyl sites for hydroxylation is 4. The van der Waals surface area contributed by atoms with Gasteiger partial charge in [0.05, 0.1) is 15.6 Å². The van der Waals surface area contributed by atoms with Gasteiger partial charge < -0.3 is 0 Å². The molecule has 7 heteroatoms. The zero-order chi connectivity index (χ0) is 17.5. The second kappa shape index (κ2) is 6.31. The molecule has 0 bridgehead atoms. The van der Waals surface area contributed by atoms with E-state index in [-0.39, 0.29) is 0 Å². The summed E-state index contributed by atoms with van der Waals surface area (Å²) in [6.45, 7) is 7.72. The Kier molecular flexibility index (Phi) is 4.50. The van der Waals surface area contributed by atoms with Gasteiger partial charge in [-0.1, -0.05) is 6.07 Å². The minimum Gasteiger partial charge on any atom is -0.280 e. The van der Waals surface area contributed by atoms with Crippen molar-refractivity contribution < 1.29 is 8.42 Å². The molecule has 24 heavy (non-hydrogen) atoms. The summed E-state index contributed by atoms with van der Waals surface area (Å²) in [7, 11) is -3.62. The van der Waals surface area contributed by atoms with Crippen molar-refractivity contribution in [1.29, 1.82) is 0 Å². The van der Waals surface area contributed by atoms with Crippen LogP contribution in [-0.2, 0) is 10.0 Å². The summed E-state index contributed by atoms with van der Waals surface area (Å²) in [5, 5.41) is 2.92. The topological polar surface area (TPSA) is 59.1 Å². The van der Waals surface area contributed by atoms with Gasteiger partial charge in [-0.15, -0.1) is 22.7 Å². The van der Waals surface area contributed by atoms with Gasteiger partial charge >= 0.3 is 0 Å². The molecule has 0 saturated carbocycles. The van der Waals surface area contributed by atoms with Gasteiger partial charge in [0.1, 0.15) is 4.90 Å². The fourth-order valence-corrected chi connectivity index (χ4v) is 5.64. The fraction of sp³-hybridized carbons (Fsp3) is 0.235. The molecule has 0 atom stereocenters. The van der Waals surface area contributed by atoms with E-state index >= 15 is 0 Å². The lowest BCUT2D eigenvalue weighted by atomic mass is 10.1. The van der Waals surface area contributed by atoms with Crippen LogP contribution in [0.2, 0.25) is 0 Å². The molecule has 3 aromatic rings. The maximum absolute atomic E-state index is 12.7. The molecule has 0 unspecified atom stereocenters. The van der Waals surface area contributed by atoms with Crippen molar-refractivity contribution in [2.45, 2.75) is 32.6 Å². The first-order valence-electron chi connectivity index (χ1n) is 7.39.